The number of amides is 1. The number of carbonyl (C=O) groups excluding carboxylic acids is 1. The Hall–Kier alpha value is -1.42. The standard InChI is InChI=1S/C14H22N2O2.2C2H6/c1-6-14(3,4)12(18-5)13(17)16-11-8-7-10(2)9-15-11;2*1-2/h7-9,12H,6H2,1-5H3,(H,15,16,17);2*1-2H3. The highest BCUT2D eigenvalue weighted by Crippen LogP contribution is 2.27. The van der Waals surface area contributed by atoms with Gasteiger partial charge in [0.15, 0.2) is 0 Å². The van der Waals surface area contributed by atoms with Crippen LogP contribution in [0.2, 0.25) is 0 Å². The second kappa shape index (κ2) is 12.2. The van der Waals surface area contributed by atoms with E-state index in [1.165, 1.54) is 0 Å². The van der Waals surface area contributed by atoms with Crippen LogP contribution in [0.25, 0.3) is 0 Å². The molecule has 0 bridgehead atoms. The lowest BCUT2D eigenvalue weighted by molar-refractivity contribution is -0.132. The van der Waals surface area contributed by atoms with E-state index >= 15 is 0 Å². The van der Waals surface area contributed by atoms with E-state index in [0.717, 1.165) is 12.0 Å². The average molecular weight is 310 g/mol. The van der Waals surface area contributed by atoms with Crippen LogP contribution in [0.3, 0.4) is 0 Å². The molecule has 4 heteroatoms. The fourth-order valence-corrected chi connectivity index (χ4v) is 1.70. The summed E-state index contributed by atoms with van der Waals surface area (Å²) < 4.78 is 5.32. The molecule has 0 aromatic carbocycles. The molecule has 1 rings (SSSR count). The largest absolute Gasteiger partial charge is 0.371 e. The summed E-state index contributed by atoms with van der Waals surface area (Å²) in [5.74, 6) is 0.403. The summed E-state index contributed by atoms with van der Waals surface area (Å²) in [6.45, 7) is 16.0. The zero-order chi connectivity index (χ0) is 17.8. The normalized spacial score (nSPS) is 11.3. The van der Waals surface area contributed by atoms with Gasteiger partial charge in [-0.05, 0) is 30.4 Å². The Kier molecular flexibility index (Phi) is 12.6. The fourth-order valence-electron chi connectivity index (χ4n) is 1.70. The number of anilines is 1. The second-order valence-electron chi connectivity index (χ2n) is 5.17. The molecule has 1 amide bonds. The number of methoxy groups -OCH3 is 1. The van der Waals surface area contributed by atoms with Crippen LogP contribution in [-0.2, 0) is 9.53 Å². The highest BCUT2D eigenvalue weighted by Gasteiger charge is 2.34. The summed E-state index contributed by atoms with van der Waals surface area (Å²) in [5, 5.41) is 2.79. The maximum absolute atomic E-state index is 12.2. The molecule has 1 atom stereocenters. The Labute approximate surface area is 136 Å². The van der Waals surface area contributed by atoms with Crippen LogP contribution >= 0.6 is 0 Å². The second-order valence-corrected chi connectivity index (χ2v) is 5.17. The van der Waals surface area contributed by atoms with Crippen molar-refractivity contribution in [3.8, 4) is 0 Å². The van der Waals surface area contributed by atoms with E-state index in [-0.39, 0.29) is 11.3 Å². The molecule has 0 saturated heterocycles. The quantitative estimate of drug-likeness (QED) is 0.847. The number of hydrogen-bond acceptors (Lipinski definition) is 3. The SMILES string of the molecule is CC.CC.CCC(C)(C)C(OC)C(=O)Nc1ccc(C)cn1. The summed E-state index contributed by atoms with van der Waals surface area (Å²) in [6, 6.07) is 3.70. The highest BCUT2D eigenvalue weighted by atomic mass is 16.5. The summed E-state index contributed by atoms with van der Waals surface area (Å²) in [6.07, 6.45) is 2.11. The lowest BCUT2D eigenvalue weighted by Crippen LogP contribution is -2.41. The summed E-state index contributed by atoms with van der Waals surface area (Å²) in [7, 11) is 1.56. The Morgan fingerprint density at radius 1 is 1.27 bits per heavy atom. The number of nitrogens with zero attached hydrogens (tertiary/aromatic N) is 1. The molecule has 1 aromatic heterocycles. The minimum absolute atomic E-state index is 0.152. The van der Waals surface area contributed by atoms with Crippen molar-refractivity contribution in [2.75, 3.05) is 12.4 Å². The monoisotopic (exact) mass is 310 g/mol. The molecule has 1 aromatic rings. The molecule has 0 fully saturated rings. The van der Waals surface area contributed by atoms with Crippen LogP contribution in [0.15, 0.2) is 18.3 Å². The maximum Gasteiger partial charge on any atom is 0.255 e. The molecule has 0 aliphatic heterocycles. The van der Waals surface area contributed by atoms with Crippen molar-refractivity contribution in [2.24, 2.45) is 5.41 Å². The first-order chi connectivity index (χ1) is 10.4. The Morgan fingerprint density at radius 3 is 2.18 bits per heavy atom. The number of rotatable bonds is 5. The van der Waals surface area contributed by atoms with E-state index in [1.807, 2.05) is 61.5 Å². The molecular formula is C18H34N2O2. The summed E-state index contributed by atoms with van der Waals surface area (Å²) >= 11 is 0. The van der Waals surface area contributed by atoms with Crippen molar-refractivity contribution >= 4 is 11.7 Å². The molecule has 128 valence electrons. The maximum atomic E-state index is 12.2. The van der Waals surface area contributed by atoms with E-state index in [4.69, 9.17) is 4.74 Å². The van der Waals surface area contributed by atoms with E-state index < -0.39 is 6.10 Å². The van der Waals surface area contributed by atoms with E-state index in [0.29, 0.717) is 5.82 Å². The van der Waals surface area contributed by atoms with Crippen molar-refractivity contribution < 1.29 is 9.53 Å². The van der Waals surface area contributed by atoms with Crippen LogP contribution in [0.1, 0.15) is 60.5 Å². The van der Waals surface area contributed by atoms with Crippen molar-refractivity contribution in [2.45, 2.75) is 67.9 Å². The van der Waals surface area contributed by atoms with Gasteiger partial charge in [-0.3, -0.25) is 4.79 Å². The highest BCUT2D eigenvalue weighted by molar-refractivity contribution is 5.93. The smallest absolute Gasteiger partial charge is 0.255 e. The first-order valence-electron chi connectivity index (χ1n) is 8.17. The van der Waals surface area contributed by atoms with E-state index in [9.17, 15) is 4.79 Å². The molecule has 0 aliphatic carbocycles. The first-order valence-corrected chi connectivity index (χ1v) is 8.17. The molecular weight excluding hydrogens is 276 g/mol. The Bertz CT molecular complexity index is 400. The lowest BCUT2D eigenvalue weighted by atomic mass is 9.83. The molecule has 0 spiro atoms. The Balaban J connectivity index is 0. The van der Waals surface area contributed by atoms with Gasteiger partial charge in [-0.1, -0.05) is 54.5 Å². The van der Waals surface area contributed by atoms with Gasteiger partial charge in [-0.25, -0.2) is 4.98 Å². The van der Waals surface area contributed by atoms with Gasteiger partial charge in [-0.15, -0.1) is 0 Å². The molecule has 0 radical (unpaired) electrons. The number of nitrogens with one attached hydrogen (secondary N) is 1. The van der Waals surface area contributed by atoms with Gasteiger partial charge in [0.1, 0.15) is 11.9 Å². The third-order valence-corrected chi connectivity index (χ3v) is 3.26. The van der Waals surface area contributed by atoms with Crippen LogP contribution in [0, 0.1) is 12.3 Å². The number of ether oxygens (including phenoxy) is 1. The fraction of sp³-hybridized carbons (Fsp3) is 0.667. The van der Waals surface area contributed by atoms with Crippen LogP contribution in [0.4, 0.5) is 5.82 Å². The molecule has 0 saturated carbocycles. The van der Waals surface area contributed by atoms with Gasteiger partial charge < -0.3 is 10.1 Å². The van der Waals surface area contributed by atoms with Gasteiger partial charge in [-0.2, -0.15) is 0 Å². The lowest BCUT2D eigenvalue weighted by Gasteiger charge is -2.30. The third-order valence-electron chi connectivity index (χ3n) is 3.26. The molecule has 0 aliphatic rings. The van der Waals surface area contributed by atoms with Crippen molar-refractivity contribution in [1.82, 2.24) is 4.98 Å². The zero-order valence-corrected chi connectivity index (χ0v) is 15.8. The summed E-state index contributed by atoms with van der Waals surface area (Å²) in [4.78, 5) is 16.3. The van der Waals surface area contributed by atoms with Gasteiger partial charge in [0.2, 0.25) is 0 Å². The molecule has 1 heterocycles. The molecule has 4 nitrogen and oxygen atoms in total. The minimum atomic E-state index is -0.481. The molecule has 1 unspecified atom stereocenters. The Morgan fingerprint density at radius 2 is 1.82 bits per heavy atom. The van der Waals surface area contributed by atoms with E-state index in [2.05, 4.69) is 10.3 Å². The zero-order valence-electron chi connectivity index (χ0n) is 15.8. The molecule has 1 N–H and O–H groups in total. The summed E-state index contributed by atoms with van der Waals surface area (Å²) in [5.41, 5.74) is 0.856. The number of hydrogen-bond donors (Lipinski definition) is 1. The number of aromatic nitrogens is 1. The van der Waals surface area contributed by atoms with Gasteiger partial charge in [0.25, 0.3) is 5.91 Å². The predicted octanol–water partition coefficient (Wildman–Crippen LogP) is 4.83. The number of aryl methyl sites for hydroxylation is 1. The minimum Gasteiger partial charge on any atom is -0.371 e. The van der Waals surface area contributed by atoms with Crippen LogP contribution in [0.5, 0.6) is 0 Å². The van der Waals surface area contributed by atoms with Crippen LogP contribution < -0.4 is 5.32 Å². The van der Waals surface area contributed by atoms with Crippen molar-refractivity contribution in [1.29, 1.82) is 0 Å². The van der Waals surface area contributed by atoms with Crippen LogP contribution in [-0.4, -0.2) is 24.1 Å². The van der Waals surface area contributed by atoms with Crippen molar-refractivity contribution in [3.63, 3.8) is 0 Å². The van der Waals surface area contributed by atoms with Crippen molar-refractivity contribution in [3.05, 3.63) is 23.9 Å². The van der Waals surface area contributed by atoms with Gasteiger partial charge in [0, 0.05) is 13.3 Å². The first kappa shape index (κ1) is 22.9. The predicted molar refractivity (Wildman–Crippen MR) is 95.2 cm³/mol. The topological polar surface area (TPSA) is 51.2 Å². The average Bonchev–Trinajstić information content (AvgIpc) is 2.54. The number of carbonyl (C=O) groups is 1. The van der Waals surface area contributed by atoms with E-state index in [1.54, 1.807) is 19.4 Å². The number of pyridine rings is 1. The van der Waals surface area contributed by atoms with Gasteiger partial charge in [0.05, 0.1) is 0 Å². The van der Waals surface area contributed by atoms with Gasteiger partial charge >= 0.3 is 0 Å². The molecule has 22 heavy (non-hydrogen) atoms. The third kappa shape index (κ3) is 7.55.